The van der Waals surface area contributed by atoms with Crippen LogP contribution in [0.5, 0.6) is 0 Å². The Morgan fingerprint density at radius 2 is 1.48 bits per heavy atom. The summed E-state index contributed by atoms with van der Waals surface area (Å²) in [6, 6.07) is 14.9. The predicted molar refractivity (Wildman–Crippen MR) is 126 cm³/mol. The van der Waals surface area contributed by atoms with Crippen molar-refractivity contribution in [1.82, 2.24) is 19.6 Å². The number of carbonyl (C=O) groups is 2. The van der Waals surface area contributed by atoms with E-state index in [4.69, 9.17) is 0 Å². The van der Waals surface area contributed by atoms with E-state index in [1.165, 1.54) is 0 Å². The lowest BCUT2D eigenvalue weighted by Gasteiger charge is -2.21. The Morgan fingerprint density at radius 1 is 0.935 bits per heavy atom. The average molecular weight is 483 g/mol. The van der Waals surface area contributed by atoms with Gasteiger partial charge < -0.3 is 9.80 Å². The van der Waals surface area contributed by atoms with Gasteiger partial charge in [-0.2, -0.15) is 5.10 Å². The fourth-order valence-corrected chi connectivity index (χ4v) is 3.61. The van der Waals surface area contributed by atoms with E-state index >= 15 is 0 Å². The van der Waals surface area contributed by atoms with Crippen LogP contribution in [0.15, 0.2) is 53.0 Å². The van der Waals surface area contributed by atoms with Crippen LogP contribution < -0.4 is 0 Å². The van der Waals surface area contributed by atoms with E-state index in [1.54, 1.807) is 36.0 Å². The Labute approximate surface area is 191 Å². The highest BCUT2D eigenvalue weighted by Crippen LogP contribution is 2.23. The van der Waals surface area contributed by atoms with Crippen LogP contribution in [0.25, 0.3) is 5.69 Å². The summed E-state index contributed by atoms with van der Waals surface area (Å²) in [5, 5.41) is 4.54. The highest BCUT2D eigenvalue weighted by Gasteiger charge is 2.16. The Bertz CT molecular complexity index is 1090. The number of benzene rings is 2. The van der Waals surface area contributed by atoms with Crippen molar-refractivity contribution in [2.24, 2.45) is 0 Å². The van der Waals surface area contributed by atoms with Crippen LogP contribution >= 0.6 is 15.9 Å². The molecule has 0 N–H and O–H groups in total. The fraction of sp³-hybridized carbons (Fsp3) is 0.292. The molecule has 0 atom stereocenters. The summed E-state index contributed by atoms with van der Waals surface area (Å²) in [5.41, 5.74) is 5.10. The Hall–Kier alpha value is -2.93. The number of aryl methyl sites for hydroxylation is 1. The van der Waals surface area contributed by atoms with Crippen molar-refractivity contribution in [3.8, 4) is 5.69 Å². The van der Waals surface area contributed by atoms with Gasteiger partial charge in [0.25, 0.3) is 11.8 Å². The molecule has 0 saturated heterocycles. The van der Waals surface area contributed by atoms with E-state index in [0.717, 1.165) is 27.1 Å². The van der Waals surface area contributed by atoms with Gasteiger partial charge in [-0.1, -0.05) is 12.1 Å². The molecule has 1 aromatic heterocycles. The molecule has 0 unspecified atom stereocenters. The number of aromatic nitrogens is 2. The van der Waals surface area contributed by atoms with Crippen LogP contribution in [0.3, 0.4) is 0 Å². The summed E-state index contributed by atoms with van der Waals surface area (Å²) >= 11 is 3.55. The zero-order valence-electron chi connectivity index (χ0n) is 18.5. The number of amides is 2. The van der Waals surface area contributed by atoms with E-state index in [0.29, 0.717) is 24.2 Å². The van der Waals surface area contributed by atoms with Crippen LogP contribution in [0.2, 0.25) is 0 Å². The van der Waals surface area contributed by atoms with Crippen molar-refractivity contribution in [2.75, 3.05) is 20.6 Å². The predicted octanol–water partition coefficient (Wildman–Crippen LogP) is 4.62. The first-order chi connectivity index (χ1) is 14.7. The minimum atomic E-state index is -0.0373. The lowest BCUT2D eigenvalue weighted by atomic mass is 10.1. The van der Waals surface area contributed by atoms with Crippen molar-refractivity contribution in [1.29, 1.82) is 0 Å². The summed E-state index contributed by atoms with van der Waals surface area (Å²) in [6.07, 6.45) is 0. The van der Waals surface area contributed by atoms with Gasteiger partial charge in [-0.05, 0) is 78.7 Å². The van der Waals surface area contributed by atoms with Gasteiger partial charge in [-0.15, -0.1) is 0 Å². The van der Waals surface area contributed by atoms with Gasteiger partial charge in [0.15, 0.2) is 0 Å². The lowest BCUT2D eigenvalue weighted by molar-refractivity contribution is 0.0751. The maximum absolute atomic E-state index is 13.1. The van der Waals surface area contributed by atoms with Crippen LogP contribution in [0.1, 0.15) is 44.6 Å². The van der Waals surface area contributed by atoms with Gasteiger partial charge in [0.05, 0.1) is 21.5 Å². The number of hydrogen-bond acceptors (Lipinski definition) is 3. The molecule has 2 amide bonds. The smallest absolute Gasteiger partial charge is 0.254 e. The van der Waals surface area contributed by atoms with Crippen LogP contribution in [-0.4, -0.2) is 52.0 Å². The minimum Gasteiger partial charge on any atom is -0.345 e. The first kappa shape index (κ1) is 22.7. The quantitative estimate of drug-likeness (QED) is 0.515. The summed E-state index contributed by atoms with van der Waals surface area (Å²) < 4.78 is 2.85. The van der Waals surface area contributed by atoms with Gasteiger partial charge in [0.1, 0.15) is 0 Å². The van der Waals surface area contributed by atoms with Crippen LogP contribution in [-0.2, 0) is 6.54 Å². The number of hydrogen-bond donors (Lipinski definition) is 0. The molecular formula is C24H27BrN4O2. The number of carbonyl (C=O) groups excluding carboxylic acids is 2. The number of rotatable bonds is 6. The molecule has 0 saturated carbocycles. The molecule has 7 heteroatoms. The van der Waals surface area contributed by atoms with Crippen molar-refractivity contribution < 1.29 is 9.59 Å². The molecule has 0 aliphatic heterocycles. The maximum atomic E-state index is 13.1. The fourth-order valence-electron chi connectivity index (χ4n) is 3.36. The van der Waals surface area contributed by atoms with E-state index in [9.17, 15) is 9.59 Å². The first-order valence-electron chi connectivity index (χ1n) is 10.1. The largest absolute Gasteiger partial charge is 0.345 e. The summed E-state index contributed by atoms with van der Waals surface area (Å²) in [7, 11) is 3.46. The second-order valence-electron chi connectivity index (χ2n) is 7.66. The van der Waals surface area contributed by atoms with Crippen molar-refractivity contribution in [3.05, 3.63) is 81.1 Å². The molecule has 0 spiro atoms. The monoisotopic (exact) mass is 482 g/mol. The molecule has 162 valence electrons. The third-order valence-electron chi connectivity index (χ3n) is 5.21. The molecule has 0 fully saturated rings. The number of nitrogens with zero attached hydrogens (tertiary/aromatic N) is 4. The van der Waals surface area contributed by atoms with Crippen LogP contribution in [0, 0.1) is 13.8 Å². The Morgan fingerprint density at radius 3 is 1.97 bits per heavy atom. The Kier molecular flexibility index (Phi) is 6.95. The summed E-state index contributed by atoms with van der Waals surface area (Å²) in [4.78, 5) is 28.4. The molecule has 31 heavy (non-hydrogen) atoms. The van der Waals surface area contributed by atoms with Gasteiger partial charge in [-0.3, -0.25) is 9.59 Å². The van der Waals surface area contributed by atoms with Crippen molar-refractivity contribution >= 4 is 27.7 Å². The molecule has 6 nitrogen and oxygen atoms in total. The summed E-state index contributed by atoms with van der Waals surface area (Å²) in [6.45, 7) is 6.98. The maximum Gasteiger partial charge on any atom is 0.254 e. The molecule has 0 aliphatic carbocycles. The Balaban J connectivity index is 1.74. The zero-order valence-corrected chi connectivity index (χ0v) is 20.1. The highest BCUT2D eigenvalue weighted by atomic mass is 79.9. The molecule has 1 heterocycles. The third kappa shape index (κ3) is 4.88. The molecule has 0 bridgehead atoms. The topological polar surface area (TPSA) is 58.4 Å². The lowest BCUT2D eigenvalue weighted by Crippen LogP contribution is -2.30. The van der Waals surface area contributed by atoms with E-state index in [-0.39, 0.29) is 11.8 Å². The van der Waals surface area contributed by atoms with Crippen molar-refractivity contribution in [2.45, 2.75) is 27.3 Å². The van der Waals surface area contributed by atoms with Gasteiger partial charge in [-0.25, -0.2) is 4.68 Å². The molecule has 3 rings (SSSR count). The SMILES string of the molecule is CCN(Cc1ccc(C(=O)N(C)C)cc1)C(=O)c1ccc(-n2nc(C)c(Br)c2C)cc1. The standard InChI is InChI=1S/C24H27BrN4O2/c1-6-28(15-18-7-9-19(10-8-18)23(30)27(4)5)24(31)20-11-13-21(14-12-20)29-17(3)22(25)16(2)26-29/h7-14H,6,15H2,1-5H3. The van der Waals surface area contributed by atoms with Gasteiger partial charge in [0.2, 0.25) is 0 Å². The average Bonchev–Trinajstić information content (AvgIpc) is 3.04. The first-order valence-corrected chi connectivity index (χ1v) is 10.9. The van der Waals surface area contributed by atoms with E-state index in [2.05, 4.69) is 21.0 Å². The third-order valence-corrected chi connectivity index (χ3v) is 6.36. The molecule has 0 radical (unpaired) electrons. The van der Waals surface area contributed by atoms with Gasteiger partial charge in [0, 0.05) is 38.3 Å². The van der Waals surface area contributed by atoms with E-state index in [1.807, 2.05) is 61.9 Å². The minimum absolute atomic E-state index is 0.0305. The molecule has 2 aromatic carbocycles. The van der Waals surface area contributed by atoms with Crippen molar-refractivity contribution in [3.63, 3.8) is 0 Å². The second-order valence-corrected chi connectivity index (χ2v) is 8.45. The van der Waals surface area contributed by atoms with Crippen LogP contribution in [0.4, 0.5) is 0 Å². The highest BCUT2D eigenvalue weighted by molar-refractivity contribution is 9.10. The summed E-state index contributed by atoms with van der Waals surface area (Å²) in [5.74, 6) is -0.0678. The second kappa shape index (κ2) is 9.47. The van der Waals surface area contributed by atoms with Gasteiger partial charge >= 0.3 is 0 Å². The molecule has 0 aliphatic rings. The number of halogens is 1. The normalized spacial score (nSPS) is 10.8. The molecule has 3 aromatic rings. The molecular weight excluding hydrogens is 456 g/mol. The van der Waals surface area contributed by atoms with E-state index < -0.39 is 0 Å². The zero-order chi connectivity index (χ0) is 22.7.